The number of benzene rings is 1. The highest BCUT2D eigenvalue weighted by Gasteiger charge is 2.15. The molecule has 1 nitrogen and oxygen atoms in total. The molecule has 0 aliphatic heterocycles. The van der Waals surface area contributed by atoms with E-state index < -0.39 is 0 Å². The predicted molar refractivity (Wildman–Crippen MR) is 81.3 cm³/mol. The minimum Gasteiger partial charge on any atom is -0.312 e. The first-order chi connectivity index (χ1) is 8.31. The lowest BCUT2D eigenvalue weighted by molar-refractivity contribution is 0.371. The van der Waals surface area contributed by atoms with Crippen LogP contribution in [0.25, 0.3) is 0 Å². The zero-order valence-corrected chi connectivity index (χ0v) is 13.1. The Morgan fingerprint density at radius 2 is 1.44 bits per heavy atom. The monoisotopic (exact) mass is 247 g/mol. The van der Waals surface area contributed by atoms with Crippen LogP contribution in [0.2, 0.25) is 0 Å². The summed E-state index contributed by atoms with van der Waals surface area (Å²) in [5, 5.41) is 3.61. The summed E-state index contributed by atoms with van der Waals surface area (Å²) in [6, 6.07) is 5.72. The van der Waals surface area contributed by atoms with Gasteiger partial charge in [0.15, 0.2) is 0 Å². The third-order valence-corrected chi connectivity index (χ3v) is 3.82. The SMILES string of the molecule is Cc1cc(C)c(CC(C)C(C)NC(C)C)c(C)c1. The second-order valence-electron chi connectivity index (χ2n) is 6.17. The summed E-state index contributed by atoms with van der Waals surface area (Å²) >= 11 is 0. The highest BCUT2D eigenvalue weighted by atomic mass is 14.9. The number of hydrogen-bond donors (Lipinski definition) is 1. The average molecular weight is 247 g/mol. The molecule has 0 heterocycles. The van der Waals surface area contributed by atoms with E-state index in [2.05, 4.69) is 65.9 Å². The first-order valence-electron chi connectivity index (χ1n) is 7.14. The molecule has 0 aliphatic carbocycles. The molecule has 0 bridgehead atoms. The molecular weight excluding hydrogens is 218 g/mol. The lowest BCUT2D eigenvalue weighted by Crippen LogP contribution is -2.37. The average Bonchev–Trinajstić information content (AvgIpc) is 2.21. The third-order valence-electron chi connectivity index (χ3n) is 3.82. The van der Waals surface area contributed by atoms with Crippen molar-refractivity contribution in [1.29, 1.82) is 0 Å². The molecule has 1 rings (SSSR count). The first-order valence-corrected chi connectivity index (χ1v) is 7.14. The molecule has 2 unspecified atom stereocenters. The molecule has 102 valence electrons. The predicted octanol–water partition coefficient (Wildman–Crippen LogP) is 4.18. The van der Waals surface area contributed by atoms with Crippen molar-refractivity contribution in [2.24, 2.45) is 5.92 Å². The Labute approximate surface area is 113 Å². The van der Waals surface area contributed by atoms with Gasteiger partial charge in [-0.1, -0.05) is 38.5 Å². The Morgan fingerprint density at radius 1 is 0.944 bits per heavy atom. The molecule has 0 spiro atoms. The quantitative estimate of drug-likeness (QED) is 0.823. The van der Waals surface area contributed by atoms with Gasteiger partial charge in [-0.25, -0.2) is 0 Å². The van der Waals surface area contributed by atoms with Crippen molar-refractivity contribution in [3.05, 3.63) is 34.4 Å². The first kappa shape index (κ1) is 15.2. The van der Waals surface area contributed by atoms with Crippen LogP contribution in [-0.2, 0) is 6.42 Å². The van der Waals surface area contributed by atoms with Gasteiger partial charge >= 0.3 is 0 Å². The van der Waals surface area contributed by atoms with E-state index in [0.29, 0.717) is 18.0 Å². The van der Waals surface area contributed by atoms with Crippen LogP contribution < -0.4 is 5.32 Å². The lowest BCUT2D eigenvalue weighted by Gasteiger charge is -2.25. The zero-order valence-electron chi connectivity index (χ0n) is 13.1. The molecule has 1 aromatic rings. The summed E-state index contributed by atoms with van der Waals surface area (Å²) in [4.78, 5) is 0. The zero-order chi connectivity index (χ0) is 13.9. The van der Waals surface area contributed by atoms with Gasteiger partial charge in [-0.2, -0.15) is 0 Å². The maximum Gasteiger partial charge on any atom is 0.00698 e. The molecule has 1 aromatic carbocycles. The van der Waals surface area contributed by atoms with Crippen LogP contribution in [0.4, 0.5) is 0 Å². The van der Waals surface area contributed by atoms with Gasteiger partial charge in [0.25, 0.3) is 0 Å². The van der Waals surface area contributed by atoms with E-state index in [1.54, 1.807) is 0 Å². The molecule has 1 N–H and O–H groups in total. The largest absolute Gasteiger partial charge is 0.312 e. The van der Waals surface area contributed by atoms with Crippen molar-refractivity contribution >= 4 is 0 Å². The molecule has 1 heteroatoms. The normalized spacial score (nSPS) is 14.9. The fraction of sp³-hybridized carbons (Fsp3) is 0.647. The van der Waals surface area contributed by atoms with Crippen LogP contribution in [0.3, 0.4) is 0 Å². The number of aryl methyl sites for hydroxylation is 3. The van der Waals surface area contributed by atoms with Crippen molar-refractivity contribution in [2.75, 3.05) is 0 Å². The number of hydrogen-bond acceptors (Lipinski definition) is 1. The van der Waals surface area contributed by atoms with Gasteiger partial charge in [-0.05, 0) is 56.7 Å². The van der Waals surface area contributed by atoms with E-state index in [1.807, 2.05) is 0 Å². The molecule has 0 aromatic heterocycles. The molecule has 0 fully saturated rings. The summed E-state index contributed by atoms with van der Waals surface area (Å²) in [7, 11) is 0. The lowest BCUT2D eigenvalue weighted by atomic mass is 9.89. The van der Waals surface area contributed by atoms with Gasteiger partial charge in [0.1, 0.15) is 0 Å². The van der Waals surface area contributed by atoms with Crippen molar-refractivity contribution in [3.63, 3.8) is 0 Å². The molecule has 2 atom stereocenters. The van der Waals surface area contributed by atoms with Crippen LogP contribution in [0.1, 0.15) is 49.9 Å². The van der Waals surface area contributed by atoms with Gasteiger partial charge in [0, 0.05) is 12.1 Å². The van der Waals surface area contributed by atoms with Gasteiger partial charge < -0.3 is 5.32 Å². The topological polar surface area (TPSA) is 12.0 Å². The second-order valence-corrected chi connectivity index (χ2v) is 6.17. The summed E-state index contributed by atoms with van der Waals surface area (Å²) in [6.45, 7) is 15.7. The van der Waals surface area contributed by atoms with Crippen LogP contribution in [-0.4, -0.2) is 12.1 Å². The van der Waals surface area contributed by atoms with E-state index >= 15 is 0 Å². The summed E-state index contributed by atoms with van der Waals surface area (Å²) in [6.07, 6.45) is 1.17. The van der Waals surface area contributed by atoms with E-state index in [0.717, 1.165) is 0 Å². The van der Waals surface area contributed by atoms with Crippen LogP contribution in [0.15, 0.2) is 12.1 Å². The summed E-state index contributed by atoms with van der Waals surface area (Å²) in [5.74, 6) is 0.660. The molecule has 0 saturated carbocycles. The summed E-state index contributed by atoms with van der Waals surface area (Å²) in [5.41, 5.74) is 5.78. The number of rotatable bonds is 5. The van der Waals surface area contributed by atoms with Gasteiger partial charge in [0.05, 0.1) is 0 Å². The smallest absolute Gasteiger partial charge is 0.00698 e. The Morgan fingerprint density at radius 3 is 1.89 bits per heavy atom. The molecule has 0 saturated heterocycles. The standard InChI is InChI=1S/C17H29N/c1-11(2)18-16(7)13(4)10-17-14(5)8-12(3)9-15(17)6/h8-9,11,13,16,18H,10H2,1-7H3. The molecule has 0 radical (unpaired) electrons. The molecular formula is C17H29N. The van der Waals surface area contributed by atoms with Crippen molar-refractivity contribution < 1.29 is 0 Å². The van der Waals surface area contributed by atoms with Crippen molar-refractivity contribution in [1.82, 2.24) is 5.32 Å². The van der Waals surface area contributed by atoms with Gasteiger partial charge in [-0.15, -0.1) is 0 Å². The van der Waals surface area contributed by atoms with Crippen molar-refractivity contribution in [2.45, 2.75) is 67.0 Å². The Kier molecular flexibility index (Phi) is 5.40. The second kappa shape index (κ2) is 6.38. The minimum absolute atomic E-state index is 0.558. The molecule has 0 aliphatic rings. The van der Waals surface area contributed by atoms with E-state index in [1.165, 1.54) is 28.7 Å². The fourth-order valence-electron chi connectivity index (χ4n) is 2.72. The van der Waals surface area contributed by atoms with Crippen LogP contribution >= 0.6 is 0 Å². The third kappa shape index (κ3) is 4.13. The summed E-state index contributed by atoms with van der Waals surface area (Å²) < 4.78 is 0. The number of nitrogens with one attached hydrogen (secondary N) is 1. The van der Waals surface area contributed by atoms with E-state index in [4.69, 9.17) is 0 Å². The Bertz CT molecular complexity index is 370. The molecule has 0 amide bonds. The maximum absolute atomic E-state index is 3.61. The van der Waals surface area contributed by atoms with E-state index in [9.17, 15) is 0 Å². The van der Waals surface area contributed by atoms with Crippen molar-refractivity contribution in [3.8, 4) is 0 Å². The van der Waals surface area contributed by atoms with E-state index in [-0.39, 0.29) is 0 Å². The maximum atomic E-state index is 3.61. The van der Waals surface area contributed by atoms with Crippen LogP contribution in [0.5, 0.6) is 0 Å². The Balaban J connectivity index is 2.78. The highest BCUT2D eigenvalue weighted by Crippen LogP contribution is 2.21. The minimum atomic E-state index is 0.558. The Hall–Kier alpha value is -0.820. The molecule has 18 heavy (non-hydrogen) atoms. The highest BCUT2D eigenvalue weighted by molar-refractivity contribution is 5.37. The van der Waals surface area contributed by atoms with Gasteiger partial charge in [0.2, 0.25) is 0 Å². The van der Waals surface area contributed by atoms with Crippen LogP contribution in [0, 0.1) is 26.7 Å². The fourth-order valence-corrected chi connectivity index (χ4v) is 2.72. The van der Waals surface area contributed by atoms with Gasteiger partial charge in [-0.3, -0.25) is 0 Å².